The summed E-state index contributed by atoms with van der Waals surface area (Å²) in [7, 11) is -4.37. The van der Waals surface area contributed by atoms with Crippen molar-refractivity contribution in [2.45, 2.75) is 245 Å². The lowest BCUT2D eigenvalue weighted by atomic mass is 10.0. The molecule has 0 saturated carbocycles. The Kier molecular flexibility index (Phi) is 40.9. The highest BCUT2D eigenvalue weighted by molar-refractivity contribution is 7.47. The molecule has 3 N–H and O–H groups in total. The predicted molar refractivity (Wildman–Crippen MR) is 225 cm³/mol. The van der Waals surface area contributed by atoms with Crippen LogP contribution >= 0.6 is 7.82 Å². The average Bonchev–Trinajstić information content (AvgIpc) is 3.16. The van der Waals surface area contributed by atoms with Crippen LogP contribution in [0.15, 0.2) is 0 Å². The first kappa shape index (κ1) is 53.0. The minimum Gasteiger partial charge on any atom is -0.462 e. The number of hydrogen-bond donors (Lipinski definition) is 2. The highest BCUT2D eigenvalue weighted by Gasteiger charge is 2.26. The predicted octanol–water partition coefficient (Wildman–Crippen LogP) is 13.2. The van der Waals surface area contributed by atoms with Crippen molar-refractivity contribution in [1.82, 2.24) is 0 Å². The van der Waals surface area contributed by atoms with Crippen molar-refractivity contribution < 1.29 is 37.6 Å². The van der Waals surface area contributed by atoms with E-state index in [1.165, 1.54) is 173 Å². The fraction of sp³-hybridized carbons (Fsp3) is 0.955. The molecule has 2 atom stereocenters. The van der Waals surface area contributed by atoms with Crippen molar-refractivity contribution >= 4 is 19.8 Å². The Morgan fingerprint density at radius 1 is 0.481 bits per heavy atom. The maximum Gasteiger partial charge on any atom is 0.472 e. The van der Waals surface area contributed by atoms with Gasteiger partial charge in [-0.05, 0) is 12.8 Å². The van der Waals surface area contributed by atoms with Gasteiger partial charge in [0, 0.05) is 19.4 Å². The van der Waals surface area contributed by atoms with Crippen LogP contribution in [0.5, 0.6) is 0 Å². The van der Waals surface area contributed by atoms with Gasteiger partial charge in [-0.2, -0.15) is 0 Å². The van der Waals surface area contributed by atoms with Crippen molar-refractivity contribution in [3.8, 4) is 0 Å². The Hall–Kier alpha value is -0.990. The van der Waals surface area contributed by atoms with Gasteiger partial charge in [-0.25, -0.2) is 4.57 Å². The molecule has 0 radical (unpaired) electrons. The zero-order valence-electron chi connectivity index (χ0n) is 35.5. The van der Waals surface area contributed by atoms with Crippen molar-refractivity contribution in [3.63, 3.8) is 0 Å². The normalized spacial score (nSPS) is 13.2. The van der Waals surface area contributed by atoms with Crippen LogP contribution in [0.3, 0.4) is 0 Å². The molecular formula is C44H88NO8P. The Morgan fingerprint density at radius 2 is 0.796 bits per heavy atom. The number of carbonyl (C=O) groups excluding carboxylic acids is 2. The summed E-state index contributed by atoms with van der Waals surface area (Å²) < 4.78 is 32.8. The molecule has 0 aliphatic rings. The molecule has 0 fully saturated rings. The Labute approximate surface area is 333 Å². The van der Waals surface area contributed by atoms with Gasteiger partial charge in [0.25, 0.3) is 0 Å². The topological polar surface area (TPSA) is 134 Å². The molecule has 0 bridgehead atoms. The van der Waals surface area contributed by atoms with Crippen molar-refractivity contribution in [3.05, 3.63) is 0 Å². The van der Waals surface area contributed by atoms with Crippen molar-refractivity contribution in [2.75, 3.05) is 26.4 Å². The van der Waals surface area contributed by atoms with Crippen molar-refractivity contribution in [2.24, 2.45) is 5.73 Å². The summed E-state index contributed by atoms with van der Waals surface area (Å²) in [5, 5.41) is 0. The summed E-state index contributed by atoms with van der Waals surface area (Å²) in [5.41, 5.74) is 5.35. The van der Waals surface area contributed by atoms with Gasteiger partial charge in [0.2, 0.25) is 0 Å². The summed E-state index contributed by atoms with van der Waals surface area (Å²) in [6.07, 6.45) is 41.3. The molecule has 0 aliphatic carbocycles. The number of nitrogens with two attached hydrogens (primary N) is 1. The molecule has 322 valence electrons. The van der Waals surface area contributed by atoms with Gasteiger partial charge in [0.1, 0.15) is 6.61 Å². The molecule has 0 aromatic carbocycles. The molecule has 0 rings (SSSR count). The molecule has 0 amide bonds. The van der Waals surface area contributed by atoms with E-state index < -0.39 is 26.5 Å². The Morgan fingerprint density at radius 3 is 1.13 bits per heavy atom. The number of ether oxygens (including phenoxy) is 2. The van der Waals surface area contributed by atoms with E-state index in [9.17, 15) is 19.0 Å². The van der Waals surface area contributed by atoms with Crippen LogP contribution in [0.4, 0.5) is 0 Å². The van der Waals surface area contributed by atoms with E-state index in [1.807, 2.05) is 0 Å². The van der Waals surface area contributed by atoms with E-state index in [4.69, 9.17) is 24.3 Å². The van der Waals surface area contributed by atoms with Crippen LogP contribution in [-0.2, 0) is 32.7 Å². The molecule has 0 saturated heterocycles. The quantitative estimate of drug-likeness (QED) is 0.0351. The van der Waals surface area contributed by atoms with Gasteiger partial charge in [-0.15, -0.1) is 0 Å². The highest BCUT2D eigenvalue weighted by Crippen LogP contribution is 2.43. The summed E-state index contributed by atoms with van der Waals surface area (Å²) in [4.78, 5) is 34.9. The van der Waals surface area contributed by atoms with Gasteiger partial charge < -0.3 is 20.1 Å². The SMILES string of the molecule is CCCCCCCCCCCCCCCCCCCCCC(=O)OC[C@H](COP(=O)(O)OCCN)OC(=O)CCCCCCCCCCCCCCCC. The summed E-state index contributed by atoms with van der Waals surface area (Å²) in [5.74, 6) is -0.811. The summed E-state index contributed by atoms with van der Waals surface area (Å²) in [6.45, 7) is 3.78. The number of esters is 2. The lowest BCUT2D eigenvalue weighted by Crippen LogP contribution is -2.29. The second-order valence-corrected chi connectivity index (χ2v) is 17.1. The van der Waals surface area contributed by atoms with Crippen LogP contribution in [0.25, 0.3) is 0 Å². The van der Waals surface area contributed by atoms with E-state index in [1.54, 1.807) is 0 Å². The van der Waals surface area contributed by atoms with E-state index in [-0.39, 0.29) is 38.6 Å². The molecule has 9 nitrogen and oxygen atoms in total. The first-order valence-corrected chi connectivity index (χ1v) is 24.5. The average molecular weight is 790 g/mol. The van der Waals surface area contributed by atoms with E-state index in [0.717, 1.165) is 32.1 Å². The summed E-state index contributed by atoms with van der Waals surface area (Å²) in [6, 6.07) is 0. The zero-order valence-corrected chi connectivity index (χ0v) is 36.4. The smallest absolute Gasteiger partial charge is 0.462 e. The number of rotatable bonds is 44. The lowest BCUT2D eigenvalue weighted by Gasteiger charge is -2.19. The molecule has 1 unspecified atom stereocenters. The van der Waals surface area contributed by atoms with Gasteiger partial charge in [0.15, 0.2) is 6.10 Å². The number of unbranched alkanes of at least 4 members (excludes halogenated alkanes) is 31. The third-order valence-corrected chi connectivity index (χ3v) is 11.2. The molecular weight excluding hydrogens is 701 g/mol. The molecule has 0 aliphatic heterocycles. The molecule has 0 aromatic heterocycles. The van der Waals surface area contributed by atoms with Crippen molar-refractivity contribution in [1.29, 1.82) is 0 Å². The molecule has 10 heteroatoms. The van der Waals surface area contributed by atoms with Gasteiger partial charge in [-0.1, -0.05) is 213 Å². The third-order valence-electron chi connectivity index (χ3n) is 10.2. The molecule has 54 heavy (non-hydrogen) atoms. The summed E-state index contributed by atoms with van der Waals surface area (Å²) >= 11 is 0. The third kappa shape index (κ3) is 40.7. The number of phosphoric ester groups is 1. The van der Waals surface area contributed by atoms with Crippen LogP contribution in [0.2, 0.25) is 0 Å². The van der Waals surface area contributed by atoms with E-state index >= 15 is 0 Å². The largest absolute Gasteiger partial charge is 0.472 e. The Bertz CT molecular complexity index is 860. The standard InChI is InChI=1S/C44H88NO8P/c1-3-5-7-9-11-13-15-17-19-20-21-22-23-25-26-28-30-32-34-36-43(46)50-40-42(41-52-54(48,49)51-39-38-45)53-44(47)37-35-33-31-29-27-24-18-16-14-12-10-8-6-4-2/h42H,3-41,45H2,1-2H3,(H,48,49)/t42-/m1/s1. The maximum atomic E-state index is 12.6. The fourth-order valence-electron chi connectivity index (χ4n) is 6.81. The number of carbonyl (C=O) groups is 2. The van der Waals surface area contributed by atoms with Crippen LogP contribution < -0.4 is 5.73 Å². The Balaban J connectivity index is 4.04. The van der Waals surface area contributed by atoms with Gasteiger partial charge in [-0.3, -0.25) is 18.6 Å². The first-order chi connectivity index (χ1) is 26.3. The molecule has 0 spiro atoms. The molecule has 0 aromatic rings. The molecule has 0 heterocycles. The van der Waals surface area contributed by atoms with Gasteiger partial charge >= 0.3 is 19.8 Å². The second kappa shape index (κ2) is 41.6. The highest BCUT2D eigenvalue weighted by atomic mass is 31.2. The first-order valence-electron chi connectivity index (χ1n) is 23.0. The second-order valence-electron chi connectivity index (χ2n) is 15.6. The lowest BCUT2D eigenvalue weighted by molar-refractivity contribution is -0.161. The fourth-order valence-corrected chi connectivity index (χ4v) is 7.58. The van der Waals surface area contributed by atoms with Crippen LogP contribution in [0.1, 0.15) is 239 Å². The van der Waals surface area contributed by atoms with E-state index in [0.29, 0.717) is 6.42 Å². The van der Waals surface area contributed by atoms with Crippen LogP contribution in [0, 0.1) is 0 Å². The number of hydrogen-bond acceptors (Lipinski definition) is 8. The van der Waals surface area contributed by atoms with Crippen LogP contribution in [-0.4, -0.2) is 49.3 Å². The number of phosphoric acid groups is 1. The minimum absolute atomic E-state index is 0.0581. The maximum absolute atomic E-state index is 12.6. The van der Waals surface area contributed by atoms with Gasteiger partial charge in [0.05, 0.1) is 13.2 Å². The monoisotopic (exact) mass is 790 g/mol. The van der Waals surface area contributed by atoms with E-state index in [2.05, 4.69) is 13.8 Å². The zero-order chi connectivity index (χ0) is 39.6. The minimum atomic E-state index is -4.37.